The van der Waals surface area contributed by atoms with Crippen LogP contribution in [0.5, 0.6) is 5.75 Å². The van der Waals surface area contributed by atoms with E-state index in [9.17, 15) is 4.79 Å². The predicted molar refractivity (Wildman–Crippen MR) is 103 cm³/mol. The van der Waals surface area contributed by atoms with Gasteiger partial charge in [0.05, 0.1) is 5.69 Å². The molecule has 128 valence electrons. The van der Waals surface area contributed by atoms with Crippen LogP contribution in [-0.4, -0.2) is 17.5 Å². The molecule has 25 heavy (non-hydrogen) atoms. The maximum absolute atomic E-state index is 12.0. The zero-order chi connectivity index (χ0) is 17.6. The number of rotatable bonds is 6. The van der Waals surface area contributed by atoms with Crippen molar-refractivity contribution in [2.75, 3.05) is 11.9 Å². The number of halogens is 1. The van der Waals surface area contributed by atoms with Crippen molar-refractivity contribution in [2.45, 2.75) is 13.3 Å². The molecule has 0 spiro atoms. The maximum atomic E-state index is 12.0. The first-order valence-corrected chi connectivity index (χ1v) is 9.13. The number of amides is 1. The Hall–Kier alpha value is -2.37. The number of carbonyl (C=O) groups is 1. The molecule has 1 heterocycles. The van der Waals surface area contributed by atoms with Crippen molar-refractivity contribution >= 4 is 34.0 Å². The molecule has 0 aliphatic rings. The van der Waals surface area contributed by atoms with Gasteiger partial charge in [0.15, 0.2) is 11.7 Å². The number of aryl methyl sites for hydroxylation is 1. The van der Waals surface area contributed by atoms with Crippen molar-refractivity contribution in [1.29, 1.82) is 0 Å². The van der Waals surface area contributed by atoms with Crippen molar-refractivity contribution in [2.24, 2.45) is 0 Å². The molecule has 3 rings (SSSR count). The number of aromatic nitrogens is 1. The van der Waals surface area contributed by atoms with Crippen LogP contribution >= 0.6 is 22.9 Å². The van der Waals surface area contributed by atoms with E-state index in [0.717, 1.165) is 17.7 Å². The molecule has 3 aromatic rings. The number of thiazole rings is 1. The number of nitrogens with zero attached hydrogens (tertiary/aromatic N) is 1. The number of carbonyl (C=O) groups excluding carboxylic acids is 1. The Kier molecular flexibility index (Phi) is 5.68. The average molecular weight is 373 g/mol. The van der Waals surface area contributed by atoms with Gasteiger partial charge in [-0.1, -0.05) is 48.9 Å². The fourth-order valence-corrected chi connectivity index (χ4v) is 3.21. The summed E-state index contributed by atoms with van der Waals surface area (Å²) in [7, 11) is 0. The molecule has 6 heteroatoms. The van der Waals surface area contributed by atoms with Gasteiger partial charge in [-0.2, -0.15) is 0 Å². The van der Waals surface area contributed by atoms with Crippen LogP contribution in [0.15, 0.2) is 53.9 Å². The van der Waals surface area contributed by atoms with E-state index in [1.807, 2.05) is 53.9 Å². The summed E-state index contributed by atoms with van der Waals surface area (Å²) in [5.74, 6) is 0.419. The van der Waals surface area contributed by atoms with Gasteiger partial charge < -0.3 is 4.74 Å². The topological polar surface area (TPSA) is 51.2 Å². The molecule has 0 saturated heterocycles. The Balaban J connectivity index is 1.57. The van der Waals surface area contributed by atoms with Gasteiger partial charge in [-0.15, -0.1) is 11.3 Å². The van der Waals surface area contributed by atoms with E-state index in [2.05, 4.69) is 17.2 Å². The number of anilines is 1. The number of benzene rings is 2. The van der Waals surface area contributed by atoms with Gasteiger partial charge in [0.25, 0.3) is 5.91 Å². The molecule has 0 saturated carbocycles. The van der Waals surface area contributed by atoms with Crippen molar-refractivity contribution in [1.82, 2.24) is 4.98 Å². The van der Waals surface area contributed by atoms with E-state index in [1.165, 1.54) is 16.9 Å². The lowest BCUT2D eigenvalue weighted by Crippen LogP contribution is -2.20. The minimum absolute atomic E-state index is 0.0630. The first-order valence-electron chi connectivity index (χ1n) is 7.87. The summed E-state index contributed by atoms with van der Waals surface area (Å²) in [5, 5.41) is 5.75. The zero-order valence-corrected chi connectivity index (χ0v) is 15.2. The maximum Gasteiger partial charge on any atom is 0.264 e. The molecule has 1 aromatic heterocycles. The van der Waals surface area contributed by atoms with Gasteiger partial charge in [0, 0.05) is 16.0 Å². The third-order valence-corrected chi connectivity index (χ3v) is 4.69. The molecule has 1 N–H and O–H groups in total. The average Bonchev–Trinajstić information content (AvgIpc) is 3.09. The molecule has 0 aliphatic heterocycles. The van der Waals surface area contributed by atoms with Gasteiger partial charge in [0.1, 0.15) is 5.75 Å². The summed E-state index contributed by atoms with van der Waals surface area (Å²) in [6.45, 7) is 2.03. The molecule has 0 radical (unpaired) electrons. The van der Waals surface area contributed by atoms with Crippen LogP contribution in [0.2, 0.25) is 5.02 Å². The second-order valence-corrected chi connectivity index (χ2v) is 6.62. The number of nitrogens with one attached hydrogen (secondary N) is 1. The molecular weight excluding hydrogens is 356 g/mol. The molecule has 0 fully saturated rings. The number of ether oxygens (including phenoxy) is 1. The summed E-state index contributed by atoms with van der Waals surface area (Å²) in [4.78, 5) is 16.4. The van der Waals surface area contributed by atoms with Gasteiger partial charge >= 0.3 is 0 Å². The van der Waals surface area contributed by atoms with Crippen molar-refractivity contribution in [3.8, 4) is 17.0 Å². The van der Waals surface area contributed by atoms with E-state index < -0.39 is 0 Å². The van der Waals surface area contributed by atoms with Gasteiger partial charge in [0.2, 0.25) is 0 Å². The molecular formula is C19H17ClN2O2S. The molecule has 2 aromatic carbocycles. The largest absolute Gasteiger partial charge is 0.484 e. The standard InChI is InChI=1S/C19H17ClN2O2S/c1-2-13-7-9-14(10-8-13)24-11-18(23)22-19-21-17(12-25-19)15-5-3-4-6-16(15)20/h3-10,12H,2,11H2,1H3,(H,21,22,23). The highest BCUT2D eigenvalue weighted by Crippen LogP contribution is 2.30. The first kappa shape index (κ1) is 17.5. The molecule has 4 nitrogen and oxygen atoms in total. The van der Waals surface area contributed by atoms with Crippen LogP contribution in [0.25, 0.3) is 11.3 Å². The van der Waals surface area contributed by atoms with E-state index >= 15 is 0 Å². The Bertz CT molecular complexity index is 862. The van der Waals surface area contributed by atoms with Crippen molar-refractivity contribution in [3.05, 3.63) is 64.5 Å². The van der Waals surface area contributed by atoms with Gasteiger partial charge in [-0.25, -0.2) is 4.98 Å². The lowest BCUT2D eigenvalue weighted by molar-refractivity contribution is -0.118. The van der Waals surface area contributed by atoms with Crippen molar-refractivity contribution in [3.63, 3.8) is 0 Å². The fourth-order valence-electron chi connectivity index (χ4n) is 2.25. The van der Waals surface area contributed by atoms with Crippen LogP contribution in [-0.2, 0) is 11.2 Å². The third-order valence-electron chi connectivity index (χ3n) is 3.60. The normalized spacial score (nSPS) is 10.5. The van der Waals surface area contributed by atoms with E-state index in [1.54, 1.807) is 0 Å². The highest BCUT2D eigenvalue weighted by Gasteiger charge is 2.10. The molecule has 0 unspecified atom stereocenters. The van der Waals surface area contributed by atoms with Crippen molar-refractivity contribution < 1.29 is 9.53 Å². The summed E-state index contributed by atoms with van der Waals surface area (Å²) < 4.78 is 5.49. The summed E-state index contributed by atoms with van der Waals surface area (Å²) in [5.41, 5.74) is 2.81. The van der Waals surface area contributed by atoms with Crippen LogP contribution < -0.4 is 10.1 Å². The molecule has 1 amide bonds. The molecule has 0 atom stereocenters. The SMILES string of the molecule is CCc1ccc(OCC(=O)Nc2nc(-c3ccccc3Cl)cs2)cc1. The lowest BCUT2D eigenvalue weighted by atomic mass is 10.2. The Morgan fingerprint density at radius 2 is 1.96 bits per heavy atom. The smallest absolute Gasteiger partial charge is 0.264 e. The quantitative estimate of drug-likeness (QED) is 0.659. The van der Waals surface area contributed by atoms with Crippen LogP contribution in [0.3, 0.4) is 0 Å². The van der Waals surface area contributed by atoms with Gasteiger partial charge in [-0.05, 0) is 30.2 Å². The van der Waals surface area contributed by atoms with Gasteiger partial charge in [-0.3, -0.25) is 10.1 Å². The Morgan fingerprint density at radius 3 is 2.68 bits per heavy atom. The Morgan fingerprint density at radius 1 is 1.20 bits per heavy atom. The van der Waals surface area contributed by atoms with Crippen LogP contribution in [0, 0.1) is 0 Å². The highest BCUT2D eigenvalue weighted by molar-refractivity contribution is 7.14. The predicted octanol–water partition coefficient (Wildman–Crippen LogP) is 5.04. The second-order valence-electron chi connectivity index (χ2n) is 5.35. The minimum Gasteiger partial charge on any atom is -0.484 e. The summed E-state index contributed by atoms with van der Waals surface area (Å²) in [6.07, 6.45) is 0.971. The minimum atomic E-state index is -0.250. The third kappa shape index (κ3) is 4.59. The first-order chi connectivity index (χ1) is 12.2. The van der Waals surface area contributed by atoms with E-state index in [4.69, 9.17) is 16.3 Å². The lowest BCUT2D eigenvalue weighted by Gasteiger charge is -2.06. The second kappa shape index (κ2) is 8.14. The molecule has 0 bridgehead atoms. The van der Waals surface area contributed by atoms with Crippen LogP contribution in [0.4, 0.5) is 5.13 Å². The number of hydrogen-bond donors (Lipinski definition) is 1. The van der Waals surface area contributed by atoms with E-state index in [-0.39, 0.29) is 12.5 Å². The monoisotopic (exact) mass is 372 g/mol. The zero-order valence-electron chi connectivity index (χ0n) is 13.7. The molecule has 0 aliphatic carbocycles. The van der Waals surface area contributed by atoms with E-state index in [0.29, 0.717) is 15.9 Å². The fraction of sp³-hybridized carbons (Fsp3) is 0.158. The number of hydrogen-bond acceptors (Lipinski definition) is 4. The highest BCUT2D eigenvalue weighted by atomic mass is 35.5. The Labute approximate surface area is 155 Å². The van der Waals surface area contributed by atoms with Crippen LogP contribution in [0.1, 0.15) is 12.5 Å². The summed E-state index contributed by atoms with van der Waals surface area (Å²) >= 11 is 7.52. The summed E-state index contributed by atoms with van der Waals surface area (Å²) in [6, 6.07) is 15.2.